The summed E-state index contributed by atoms with van der Waals surface area (Å²) < 4.78 is 5.62. The normalized spacial score (nSPS) is 10.6. The van der Waals surface area contributed by atoms with Crippen LogP contribution in [0.4, 0.5) is 23.0 Å². The number of amides is 1. The van der Waals surface area contributed by atoms with Crippen LogP contribution in [0.25, 0.3) is 11.5 Å². The number of benzene rings is 1. The number of thioether (sulfide) groups is 1. The fraction of sp³-hybridized carbons (Fsp3) is 0.143. The molecule has 3 aromatic heterocycles. The van der Waals surface area contributed by atoms with Crippen molar-refractivity contribution >= 4 is 40.7 Å². The predicted octanol–water partition coefficient (Wildman–Crippen LogP) is 3.80. The highest BCUT2D eigenvalue weighted by molar-refractivity contribution is 7.98. The summed E-state index contributed by atoms with van der Waals surface area (Å²) in [5.74, 6) is 1.59. The molecular formula is C21H20N8O2S. The van der Waals surface area contributed by atoms with E-state index in [2.05, 4.69) is 41.3 Å². The Kier molecular flexibility index (Phi) is 6.26. The summed E-state index contributed by atoms with van der Waals surface area (Å²) in [7, 11) is 1.54. The van der Waals surface area contributed by atoms with Crippen LogP contribution >= 0.6 is 11.8 Å². The van der Waals surface area contributed by atoms with Crippen LogP contribution in [-0.4, -0.2) is 44.6 Å². The maximum Gasteiger partial charge on any atom is 0.273 e. The quantitative estimate of drug-likeness (QED) is 0.359. The molecule has 0 atom stereocenters. The van der Waals surface area contributed by atoms with Gasteiger partial charge < -0.3 is 20.4 Å². The molecule has 1 aromatic carbocycles. The summed E-state index contributed by atoms with van der Waals surface area (Å²) in [5, 5.41) is 25.3. The highest BCUT2D eigenvalue weighted by atomic mass is 32.2. The fourth-order valence-corrected chi connectivity index (χ4v) is 3.69. The standard InChI is InChI=1S/C21H20N8O2S/c1-12-26-29-21(31-12)13-7-6-8-14(19(13)32-3)24-15-11-17(25-16-9-4-5-10-23-16)27-28-18(15)20(30)22-2/h4-11H,1-3H3,(H,22,30)(H2,23,24,25,27). The van der Waals surface area contributed by atoms with Crippen molar-refractivity contribution in [3.8, 4) is 11.5 Å². The third-order valence-corrected chi connectivity index (χ3v) is 5.25. The molecule has 11 heteroatoms. The number of anilines is 4. The average Bonchev–Trinajstić information content (AvgIpc) is 3.25. The summed E-state index contributed by atoms with van der Waals surface area (Å²) in [4.78, 5) is 17.5. The van der Waals surface area contributed by atoms with Gasteiger partial charge in [-0.1, -0.05) is 12.1 Å². The summed E-state index contributed by atoms with van der Waals surface area (Å²) in [6.07, 6.45) is 3.62. The van der Waals surface area contributed by atoms with Crippen LogP contribution in [-0.2, 0) is 0 Å². The van der Waals surface area contributed by atoms with E-state index in [0.29, 0.717) is 29.1 Å². The third-order valence-electron chi connectivity index (χ3n) is 4.40. The van der Waals surface area contributed by atoms with E-state index in [4.69, 9.17) is 4.42 Å². The van der Waals surface area contributed by atoms with Gasteiger partial charge in [-0.25, -0.2) is 4.98 Å². The molecule has 1 amide bonds. The van der Waals surface area contributed by atoms with Crippen molar-refractivity contribution in [3.63, 3.8) is 0 Å². The Bertz CT molecular complexity index is 1250. The van der Waals surface area contributed by atoms with Gasteiger partial charge in [0.2, 0.25) is 11.8 Å². The lowest BCUT2D eigenvalue weighted by atomic mass is 10.2. The first-order valence-corrected chi connectivity index (χ1v) is 10.8. The van der Waals surface area contributed by atoms with Crippen molar-refractivity contribution in [2.24, 2.45) is 0 Å². The molecule has 0 spiro atoms. The summed E-state index contributed by atoms with van der Waals surface area (Å²) >= 11 is 1.52. The van der Waals surface area contributed by atoms with E-state index in [1.54, 1.807) is 26.2 Å². The van der Waals surface area contributed by atoms with Crippen LogP contribution in [0.3, 0.4) is 0 Å². The largest absolute Gasteiger partial charge is 0.421 e. The number of carbonyl (C=O) groups excluding carboxylic acids is 1. The topological polar surface area (TPSA) is 131 Å². The van der Waals surface area contributed by atoms with Gasteiger partial charge in [-0.15, -0.1) is 32.2 Å². The Morgan fingerprint density at radius 3 is 2.53 bits per heavy atom. The smallest absolute Gasteiger partial charge is 0.273 e. The summed E-state index contributed by atoms with van der Waals surface area (Å²) in [5.41, 5.74) is 2.18. The Morgan fingerprint density at radius 2 is 1.84 bits per heavy atom. The van der Waals surface area contributed by atoms with E-state index < -0.39 is 0 Å². The van der Waals surface area contributed by atoms with Gasteiger partial charge in [-0.05, 0) is 30.5 Å². The number of nitrogens with zero attached hydrogens (tertiary/aromatic N) is 5. The minimum absolute atomic E-state index is 0.158. The zero-order chi connectivity index (χ0) is 22.5. The maximum absolute atomic E-state index is 12.4. The molecule has 0 saturated carbocycles. The predicted molar refractivity (Wildman–Crippen MR) is 122 cm³/mol. The summed E-state index contributed by atoms with van der Waals surface area (Å²) in [6.45, 7) is 1.74. The van der Waals surface area contributed by atoms with Gasteiger partial charge >= 0.3 is 0 Å². The lowest BCUT2D eigenvalue weighted by Gasteiger charge is -2.15. The molecule has 4 aromatic rings. The molecule has 0 fully saturated rings. The maximum atomic E-state index is 12.4. The molecule has 0 saturated heterocycles. The van der Waals surface area contributed by atoms with Crippen molar-refractivity contribution in [2.45, 2.75) is 11.8 Å². The Labute approximate surface area is 188 Å². The molecule has 32 heavy (non-hydrogen) atoms. The fourth-order valence-electron chi connectivity index (χ4n) is 2.98. The Morgan fingerprint density at radius 1 is 0.969 bits per heavy atom. The first-order chi connectivity index (χ1) is 15.6. The van der Waals surface area contributed by atoms with Crippen LogP contribution in [0.2, 0.25) is 0 Å². The number of nitrogens with one attached hydrogen (secondary N) is 3. The van der Waals surface area contributed by atoms with Gasteiger partial charge in [0.1, 0.15) is 5.82 Å². The molecule has 0 aliphatic heterocycles. The van der Waals surface area contributed by atoms with Crippen molar-refractivity contribution < 1.29 is 9.21 Å². The number of hydrogen-bond donors (Lipinski definition) is 3. The van der Waals surface area contributed by atoms with Gasteiger partial charge in [-0.3, -0.25) is 4.79 Å². The summed E-state index contributed by atoms with van der Waals surface area (Å²) in [6, 6.07) is 12.9. The number of aromatic nitrogens is 5. The first kappa shape index (κ1) is 21.2. The van der Waals surface area contributed by atoms with Crippen LogP contribution in [0.15, 0.2) is 58.0 Å². The van der Waals surface area contributed by atoms with E-state index >= 15 is 0 Å². The zero-order valence-electron chi connectivity index (χ0n) is 17.6. The molecule has 0 bridgehead atoms. The molecular weight excluding hydrogens is 428 g/mol. The van der Waals surface area contributed by atoms with Gasteiger partial charge in [-0.2, -0.15) is 0 Å². The van der Waals surface area contributed by atoms with Gasteiger partial charge in [0.15, 0.2) is 11.5 Å². The molecule has 0 radical (unpaired) electrons. The minimum atomic E-state index is -0.362. The van der Waals surface area contributed by atoms with Gasteiger partial charge in [0.25, 0.3) is 5.91 Å². The van der Waals surface area contributed by atoms with E-state index in [9.17, 15) is 4.79 Å². The molecule has 10 nitrogen and oxygen atoms in total. The Hall–Kier alpha value is -3.99. The molecule has 3 N–H and O–H groups in total. The van der Waals surface area contributed by atoms with E-state index in [1.807, 2.05) is 42.7 Å². The molecule has 3 heterocycles. The van der Waals surface area contributed by atoms with Crippen LogP contribution in [0.1, 0.15) is 16.4 Å². The zero-order valence-corrected chi connectivity index (χ0v) is 18.4. The number of aryl methyl sites for hydroxylation is 1. The molecule has 162 valence electrons. The van der Waals surface area contributed by atoms with Gasteiger partial charge in [0.05, 0.1) is 16.9 Å². The lowest BCUT2D eigenvalue weighted by molar-refractivity contribution is 0.0958. The third kappa shape index (κ3) is 4.52. The SMILES string of the molecule is CNC(=O)c1nnc(Nc2ccccn2)cc1Nc1cccc(-c2nnc(C)o2)c1SC. The van der Waals surface area contributed by atoms with Crippen molar-refractivity contribution in [2.75, 3.05) is 23.9 Å². The van der Waals surface area contributed by atoms with Crippen molar-refractivity contribution in [1.82, 2.24) is 30.7 Å². The molecule has 4 rings (SSSR count). The second-order valence-electron chi connectivity index (χ2n) is 6.55. The van der Waals surface area contributed by atoms with E-state index in [1.165, 1.54) is 11.8 Å². The molecule has 0 aliphatic rings. The second kappa shape index (κ2) is 9.43. The second-order valence-corrected chi connectivity index (χ2v) is 7.37. The highest BCUT2D eigenvalue weighted by Crippen LogP contribution is 2.37. The van der Waals surface area contributed by atoms with Gasteiger partial charge in [0, 0.05) is 31.1 Å². The number of rotatable bonds is 7. The van der Waals surface area contributed by atoms with Crippen LogP contribution in [0.5, 0.6) is 0 Å². The van der Waals surface area contributed by atoms with Crippen LogP contribution < -0.4 is 16.0 Å². The average molecular weight is 449 g/mol. The number of hydrogen-bond acceptors (Lipinski definition) is 10. The molecule has 0 aliphatic carbocycles. The van der Waals surface area contributed by atoms with Crippen molar-refractivity contribution in [1.29, 1.82) is 0 Å². The Balaban J connectivity index is 1.74. The van der Waals surface area contributed by atoms with E-state index in [0.717, 1.165) is 16.1 Å². The number of pyridine rings is 1. The highest BCUT2D eigenvalue weighted by Gasteiger charge is 2.19. The lowest BCUT2D eigenvalue weighted by Crippen LogP contribution is -2.21. The van der Waals surface area contributed by atoms with Crippen LogP contribution in [0, 0.1) is 6.92 Å². The van der Waals surface area contributed by atoms with Crippen molar-refractivity contribution in [3.05, 3.63) is 60.2 Å². The minimum Gasteiger partial charge on any atom is -0.421 e. The first-order valence-electron chi connectivity index (χ1n) is 9.61. The monoisotopic (exact) mass is 448 g/mol. The molecule has 0 unspecified atom stereocenters. The number of carbonyl (C=O) groups is 1. The van der Waals surface area contributed by atoms with E-state index in [-0.39, 0.29) is 11.6 Å².